The lowest BCUT2D eigenvalue weighted by Crippen LogP contribution is -2.10. The zero-order chi connectivity index (χ0) is 7.98. The van der Waals surface area contributed by atoms with Crippen molar-refractivity contribution in [3.63, 3.8) is 0 Å². The van der Waals surface area contributed by atoms with Crippen molar-refractivity contribution in [3.8, 4) is 0 Å². The second-order valence-electron chi connectivity index (χ2n) is 1.29. The first kappa shape index (κ1) is 9.16. The maximum absolute atomic E-state index is 12.1. The topological polar surface area (TPSA) is 60.2 Å². The summed E-state index contributed by atoms with van der Waals surface area (Å²) in [6.45, 7) is 0. The van der Waals surface area contributed by atoms with Gasteiger partial charge >= 0.3 is 0 Å². The summed E-state index contributed by atoms with van der Waals surface area (Å²) >= 11 is 0.828. The van der Waals surface area contributed by atoms with E-state index in [9.17, 15) is 14.0 Å². The fourth-order valence-electron chi connectivity index (χ4n) is 0.207. The van der Waals surface area contributed by atoms with Gasteiger partial charge in [0, 0.05) is 5.41 Å². The van der Waals surface area contributed by atoms with E-state index in [1.807, 2.05) is 0 Å². The minimum absolute atomic E-state index is 0.000694. The van der Waals surface area contributed by atoms with Gasteiger partial charge in [-0.2, -0.15) is 0 Å². The van der Waals surface area contributed by atoms with Crippen molar-refractivity contribution in [2.45, 2.75) is 0 Å². The highest BCUT2D eigenvalue weighted by Crippen LogP contribution is 2.05. The number of hydrogen-bond acceptors (Lipinski definition) is 3. The van der Waals surface area contributed by atoms with Crippen LogP contribution in [0, 0.1) is 0 Å². The minimum Gasteiger partial charge on any atom is -0.364 e. The second-order valence-corrected chi connectivity index (χ2v) is 2.14. The molecule has 2 N–H and O–H groups in total. The van der Waals surface area contributed by atoms with Gasteiger partial charge in [0.1, 0.15) is 0 Å². The largest absolute Gasteiger partial charge is 0.364 e. The van der Waals surface area contributed by atoms with E-state index < -0.39 is 11.7 Å². The molecule has 1 amide bonds. The van der Waals surface area contributed by atoms with Crippen molar-refractivity contribution in [1.29, 1.82) is 0 Å². The molecule has 0 heterocycles. The monoisotopic (exact) mass is 162 g/mol. The number of halogens is 1. The van der Waals surface area contributed by atoms with Gasteiger partial charge in [0.2, 0.25) is 6.29 Å². The van der Waals surface area contributed by atoms with Gasteiger partial charge < -0.3 is 5.73 Å². The lowest BCUT2D eigenvalue weighted by molar-refractivity contribution is -0.115. The molecule has 1 radical (unpaired) electrons. The van der Waals surface area contributed by atoms with Crippen molar-refractivity contribution in [1.82, 2.24) is 0 Å². The van der Waals surface area contributed by atoms with Gasteiger partial charge in [0.05, 0.1) is 5.75 Å². The number of hydrogen-bond donors (Lipinski definition) is 1. The lowest BCUT2D eigenvalue weighted by atomic mass is 10.6. The molecule has 0 aliphatic carbocycles. The van der Waals surface area contributed by atoms with Crippen LogP contribution in [0.3, 0.4) is 0 Å². The van der Waals surface area contributed by atoms with Gasteiger partial charge in [0.15, 0.2) is 5.83 Å². The van der Waals surface area contributed by atoms with Crippen LogP contribution >= 0.6 is 11.8 Å². The van der Waals surface area contributed by atoms with E-state index in [-0.39, 0.29) is 5.75 Å². The van der Waals surface area contributed by atoms with Gasteiger partial charge in [-0.25, -0.2) is 4.39 Å². The smallest absolute Gasteiger partial charge is 0.277 e. The minimum atomic E-state index is -1.13. The fraction of sp³-hybridized carbons (Fsp3) is 0.200. The summed E-state index contributed by atoms with van der Waals surface area (Å²) in [5, 5.41) is 0.882. The van der Waals surface area contributed by atoms with Crippen LogP contribution in [0.15, 0.2) is 11.2 Å². The summed E-state index contributed by atoms with van der Waals surface area (Å²) in [6, 6.07) is 0. The molecule has 0 aromatic heterocycles. The Balaban J connectivity index is 3.68. The molecule has 0 aromatic rings. The number of rotatable bonds is 4. The van der Waals surface area contributed by atoms with E-state index in [1.54, 1.807) is 0 Å². The van der Waals surface area contributed by atoms with E-state index in [0.29, 0.717) is 0 Å². The average Bonchev–Trinajstić information content (AvgIpc) is 1.88. The zero-order valence-corrected chi connectivity index (χ0v) is 5.78. The van der Waals surface area contributed by atoms with Gasteiger partial charge in [-0.05, 0) is 0 Å². The third kappa shape index (κ3) is 4.08. The molecular formula is C5H5FNO2S. The zero-order valence-electron chi connectivity index (χ0n) is 4.96. The van der Waals surface area contributed by atoms with Crippen LogP contribution in [0.2, 0.25) is 0 Å². The molecule has 0 saturated carbocycles. The molecule has 0 spiro atoms. The SMILES string of the molecule is NC(=O)/C(F)=C/SC[C]=O. The predicted octanol–water partition coefficient (Wildman–Crippen LogP) is 0.126. The molecule has 0 bridgehead atoms. The lowest BCUT2D eigenvalue weighted by Gasteiger charge is -1.86. The summed E-state index contributed by atoms with van der Waals surface area (Å²) in [6.07, 6.45) is 1.51. The van der Waals surface area contributed by atoms with Gasteiger partial charge in [-0.15, -0.1) is 11.8 Å². The fourth-order valence-corrected chi connectivity index (χ4v) is 0.621. The Bertz CT molecular complexity index is 169. The standard InChI is InChI=1S/C5H5FNO2S/c6-4(5(7)9)3-10-2-1-8/h3H,2H2,(H2,7,9)/b4-3-. The van der Waals surface area contributed by atoms with E-state index >= 15 is 0 Å². The molecule has 0 aliphatic rings. The number of thioether (sulfide) groups is 1. The highest BCUT2D eigenvalue weighted by molar-refractivity contribution is 8.02. The molecule has 0 saturated heterocycles. The summed E-state index contributed by atoms with van der Waals surface area (Å²) in [7, 11) is 0. The van der Waals surface area contributed by atoms with Crippen molar-refractivity contribution in [2.75, 3.05) is 5.75 Å². The molecule has 0 atom stereocenters. The second kappa shape index (κ2) is 4.99. The highest BCUT2D eigenvalue weighted by atomic mass is 32.2. The quantitative estimate of drug-likeness (QED) is 0.472. The first-order valence-electron chi connectivity index (χ1n) is 2.30. The van der Waals surface area contributed by atoms with Crippen LogP contribution in [0.1, 0.15) is 0 Å². The highest BCUT2D eigenvalue weighted by Gasteiger charge is 2.00. The Kier molecular flexibility index (Phi) is 4.57. The Morgan fingerprint density at radius 3 is 2.80 bits per heavy atom. The van der Waals surface area contributed by atoms with Crippen LogP contribution in [-0.4, -0.2) is 17.9 Å². The third-order valence-electron chi connectivity index (χ3n) is 0.564. The Morgan fingerprint density at radius 1 is 1.80 bits per heavy atom. The van der Waals surface area contributed by atoms with Crippen molar-refractivity contribution < 1.29 is 14.0 Å². The summed E-state index contributed by atoms with van der Waals surface area (Å²) in [4.78, 5) is 19.5. The molecule has 0 unspecified atom stereocenters. The van der Waals surface area contributed by atoms with Crippen LogP contribution in [0.25, 0.3) is 0 Å². The molecule has 0 rings (SSSR count). The Morgan fingerprint density at radius 2 is 2.40 bits per heavy atom. The van der Waals surface area contributed by atoms with Crippen molar-refractivity contribution in [2.24, 2.45) is 5.73 Å². The van der Waals surface area contributed by atoms with Gasteiger partial charge in [-0.1, -0.05) is 0 Å². The average molecular weight is 162 g/mol. The third-order valence-corrected chi connectivity index (χ3v) is 1.22. The molecule has 0 fully saturated rings. The molecule has 0 aliphatic heterocycles. The number of primary amides is 1. The number of carbonyl (C=O) groups is 1. The predicted molar refractivity (Wildman–Crippen MR) is 36.5 cm³/mol. The van der Waals surface area contributed by atoms with Crippen molar-refractivity contribution >= 4 is 24.0 Å². The van der Waals surface area contributed by atoms with Crippen LogP contribution in [0.5, 0.6) is 0 Å². The molecule has 3 nitrogen and oxygen atoms in total. The molecule has 5 heteroatoms. The molecular weight excluding hydrogens is 157 g/mol. The van der Waals surface area contributed by atoms with Crippen LogP contribution in [-0.2, 0) is 9.59 Å². The van der Waals surface area contributed by atoms with Crippen molar-refractivity contribution in [3.05, 3.63) is 11.2 Å². The normalized spacial score (nSPS) is 11.1. The van der Waals surface area contributed by atoms with Crippen LogP contribution in [0.4, 0.5) is 4.39 Å². The number of nitrogens with two attached hydrogens (primary N) is 1. The van der Waals surface area contributed by atoms with Gasteiger partial charge in [-0.3, -0.25) is 9.59 Å². The molecule has 55 valence electrons. The maximum atomic E-state index is 12.1. The van der Waals surface area contributed by atoms with Gasteiger partial charge in [0.25, 0.3) is 5.91 Å². The van der Waals surface area contributed by atoms with E-state index in [1.165, 1.54) is 6.29 Å². The van der Waals surface area contributed by atoms with E-state index in [2.05, 4.69) is 5.73 Å². The number of carbonyl (C=O) groups excluding carboxylic acids is 2. The summed E-state index contributed by atoms with van der Waals surface area (Å²) < 4.78 is 12.1. The maximum Gasteiger partial charge on any atom is 0.277 e. The Hall–Kier alpha value is -0.840. The molecule has 10 heavy (non-hydrogen) atoms. The summed E-state index contributed by atoms with van der Waals surface area (Å²) in [5.74, 6) is -2.17. The van der Waals surface area contributed by atoms with Crippen LogP contribution < -0.4 is 5.73 Å². The first-order chi connectivity index (χ1) is 4.68. The molecule has 0 aromatic carbocycles. The van der Waals surface area contributed by atoms with E-state index in [4.69, 9.17) is 0 Å². The number of amides is 1. The first-order valence-corrected chi connectivity index (χ1v) is 3.35. The Labute approximate surface area is 61.5 Å². The van der Waals surface area contributed by atoms with E-state index in [0.717, 1.165) is 17.2 Å². The summed E-state index contributed by atoms with van der Waals surface area (Å²) in [5.41, 5.74) is 4.52.